The molecular weight excluding hydrogens is 394 g/mol. The van der Waals surface area contributed by atoms with Crippen molar-refractivity contribution in [3.63, 3.8) is 0 Å². The van der Waals surface area contributed by atoms with E-state index in [0.717, 1.165) is 12.0 Å². The molecule has 0 radical (unpaired) electrons. The van der Waals surface area contributed by atoms with Gasteiger partial charge in [-0.25, -0.2) is 9.59 Å². The van der Waals surface area contributed by atoms with Crippen LogP contribution >= 0.6 is 0 Å². The summed E-state index contributed by atoms with van der Waals surface area (Å²) < 4.78 is 0. The quantitative estimate of drug-likeness (QED) is 0.151. The van der Waals surface area contributed by atoms with Gasteiger partial charge in [0, 0.05) is 19.0 Å². The topological polar surface area (TPSA) is 165 Å². The van der Waals surface area contributed by atoms with Gasteiger partial charge in [-0.3, -0.25) is 9.59 Å². The molecule has 0 aromatic rings. The minimum absolute atomic E-state index is 0.277. The maximum Gasteiger partial charge on any atom is 0.326 e. The van der Waals surface area contributed by atoms with E-state index in [4.69, 9.17) is 15.3 Å². The third-order valence-corrected chi connectivity index (χ3v) is 4.09. The lowest BCUT2D eigenvalue weighted by atomic mass is 10.1. The number of amides is 2. The number of hydrogen-bond acceptors (Lipinski definition) is 5. The van der Waals surface area contributed by atoms with Gasteiger partial charge in [0.2, 0.25) is 0 Å². The van der Waals surface area contributed by atoms with E-state index in [-0.39, 0.29) is 12.8 Å². The number of allylic oxidation sites excluding steroid dienone is 2. The highest BCUT2D eigenvalue weighted by molar-refractivity contribution is 5.83. The first-order chi connectivity index (χ1) is 14.2. The van der Waals surface area contributed by atoms with Gasteiger partial charge in [0.05, 0.1) is 6.42 Å². The summed E-state index contributed by atoms with van der Waals surface area (Å²) in [6.45, 7) is 8.63. The summed E-state index contributed by atoms with van der Waals surface area (Å²) in [6, 6.07) is -2.90. The van der Waals surface area contributed by atoms with E-state index < -0.39 is 42.4 Å². The van der Waals surface area contributed by atoms with Crippen LogP contribution in [0.5, 0.6) is 0 Å². The van der Waals surface area contributed by atoms with Crippen LogP contribution in [0.1, 0.15) is 38.5 Å². The Kier molecular flexibility index (Phi) is 14.1. The molecule has 2 unspecified atom stereocenters. The fourth-order valence-corrected chi connectivity index (χ4v) is 2.57. The molecule has 0 aromatic carbocycles. The first-order valence-corrected chi connectivity index (χ1v) is 9.57. The number of carbonyl (C=O) groups excluding carboxylic acids is 1. The molecule has 0 aromatic heterocycles. The number of carboxylic acids is 3. The van der Waals surface area contributed by atoms with Crippen molar-refractivity contribution in [1.29, 1.82) is 0 Å². The van der Waals surface area contributed by atoms with Gasteiger partial charge in [0.1, 0.15) is 6.04 Å². The maximum absolute atomic E-state index is 12.0. The van der Waals surface area contributed by atoms with Crippen molar-refractivity contribution in [3.05, 3.63) is 37.0 Å². The van der Waals surface area contributed by atoms with Crippen LogP contribution in [0.4, 0.5) is 4.79 Å². The Labute approximate surface area is 175 Å². The highest BCUT2D eigenvalue weighted by atomic mass is 16.4. The van der Waals surface area contributed by atoms with Crippen molar-refractivity contribution in [2.75, 3.05) is 13.1 Å². The van der Waals surface area contributed by atoms with Gasteiger partial charge in [-0.2, -0.15) is 0 Å². The summed E-state index contributed by atoms with van der Waals surface area (Å²) in [7, 11) is 0. The molecule has 0 aliphatic rings. The molecule has 0 aliphatic carbocycles. The lowest BCUT2D eigenvalue weighted by molar-refractivity contribution is -0.141. The van der Waals surface area contributed by atoms with E-state index in [1.807, 2.05) is 6.08 Å². The van der Waals surface area contributed by atoms with E-state index in [1.165, 1.54) is 0 Å². The first kappa shape index (κ1) is 26.9. The summed E-state index contributed by atoms with van der Waals surface area (Å²) in [6.07, 6.45) is 6.01. The molecule has 0 fully saturated rings. The third kappa shape index (κ3) is 13.9. The van der Waals surface area contributed by atoms with Crippen molar-refractivity contribution >= 4 is 23.9 Å². The second kappa shape index (κ2) is 15.7. The number of nitrogens with one attached hydrogen (secondary N) is 3. The monoisotopic (exact) mass is 425 g/mol. The number of rotatable bonds is 17. The highest BCUT2D eigenvalue weighted by Crippen LogP contribution is 2.06. The molecule has 0 aliphatic heterocycles. The summed E-state index contributed by atoms with van der Waals surface area (Å²) in [5.41, 5.74) is 0.989. The zero-order valence-electron chi connectivity index (χ0n) is 16.9. The van der Waals surface area contributed by atoms with Gasteiger partial charge in [-0.05, 0) is 31.4 Å². The van der Waals surface area contributed by atoms with Crippen molar-refractivity contribution < 1.29 is 34.5 Å². The maximum atomic E-state index is 12.0. The largest absolute Gasteiger partial charge is 0.481 e. The predicted octanol–water partition coefficient (Wildman–Crippen LogP) is 1.51. The molecule has 0 spiro atoms. The normalized spacial score (nSPS) is 13.0. The molecule has 6 N–H and O–H groups in total. The van der Waals surface area contributed by atoms with Crippen LogP contribution in [-0.2, 0) is 14.4 Å². The summed E-state index contributed by atoms with van der Waals surface area (Å²) in [5.74, 6) is -3.64. The summed E-state index contributed by atoms with van der Waals surface area (Å²) in [4.78, 5) is 44.8. The first-order valence-electron chi connectivity index (χ1n) is 9.57. The Morgan fingerprint density at radius 2 is 1.63 bits per heavy atom. The van der Waals surface area contributed by atoms with Crippen LogP contribution in [0, 0.1) is 0 Å². The molecule has 2 atom stereocenters. The number of hydrogen-bond donors (Lipinski definition) is 6. The zero-order chi connectivity index (χ0) is 22.9. The molecular formula is C20H31N3O7. The molecule has 0 saturated heterocycles. The van der Waals surface area contributed by atoms with Crippen molar-refractivity contribution in [2.45, 2.75) is 50.6 Å². The van der Waals surface area contributed by atoms with E-state index >= 15 is 0 Å². The lowest BCUT2D eigenvalue weighted by Crippen LogP contribution is -2.49. The van der Waals surface area contributed by atoms with Crippen LogP contribution in [0.3, 0.4) is 0 Å². The van der Waals surface area contributed by atoms with Crippen LogP contribution in [0.15, 0.2) is 37.0 Å². The SMILES string of the molecule is C=C/C=C(\C=C)CNCCCCC(CC(=O)O)NC(=O)NC(CCC(=O)O)C(=O)O. The average Bonchev–Trinajstić information content (AvgIpc) is 2.65. The Hall–Kier alpha value is -3.14. The van der Waals surface area contributed by atoms with Crippen molar-refractivity contribution in [3.8, 4) is 0 Å². The Bertz CT molecular complexity index is 646. The lowest BCUT2D eigenvalue weighted by Gasteiger charge is -2.20. The number of urea groups is 1. The number of carboxylic acid groups (broad SMARTS) is 3. The minimum atomic E-state index is -1.38. The average molecular weight is 425 g/mol. The summed E-state index contributed by atoms with van der Waals surface area (Å²) in [5, 5.41) is 34.6. The fourth-order valence-electron chi connectivity index (χ4n) is 2.57. The van der Waals surface area contributed by atoms with Gasteiger partial charge in [-0.15, -0.1) is 0 Å². The van der Waals surface area contributed by atoms with Crippen LogP contribution in [0.2, 0.25) is 0 Å². The van der Waals surface area contributed by atoms with E-state index in [1.54, 1.807) is 12.2 Å². The van der Waals surface area contributed by atoms with Crippen molar-refractivity contribution in [2.24, 2.45) is 0 Å². The molecule has 0 bridgehead atoms. The van der Waals surface area contributed by atoms with Gasteiger partial charge in [-0.1, -0.05) is 37.8 Å². The van der Waals surface area contributed by atoms with Crippen LogP contribution in [0.25, 0.3) is 0 Å². The standard InChI is InChI=1S/C20H31N3O7/c1-3-7-14(4-2)13-21-11-6-5-8-15(12-18(26)27)22-20(30)23-16(19(28)29)9-10-17(24)25/h3-4,7,15-16,21H,1-2,5-6,8-13H2,(H,24,25)(H,26,27)(H,28,29)(H2,22,23,30)/b14-7+. The molecule has 2 amide bonds. The molecule has 10 nitrogen and oxygen atoms in total. The molecule has 30 heavy (non-hydrogen) atoms. The molecule has 10 heteroatoms. The zero-order valence-corrected chi connectivity index (χ0v) is 16.9. The molecule has 0 saturated carbocycles. The molecule has 0 heterocycles. The number of carbonyl (C=O) groups is 4. The Balaban J connectivity index is 4.47. The smallest absolute Gasteiger partial charge is 0.326 e. The molecule has 168 valence electrons. The predicted molar refractivity (Wildman–Crippen MR) is 111 cm³/mol. The second-order valence-corrected chi connectivity index (χ2v) is 6.59. The van der Waals surface area contributed by atoms with Crippen LogP contribution < -0.4 is 16.0 Å². The van der Waals surface area contributed by atoms with Gasteiger partial charge >= 0.3 is 23.9 Å². The van der Waals surface area contributed by atoms with Gasteiger partial charge in [0.15, 0.2) is 0 Å². The van der Waals surface area contributed by atoms with Crippen LogP contribution in [-0.4, -0.2) is 64.4 Å². The highest BCUT2D eigenvalue weighted by Gasteiger charge is 2.23. The van der Waals surface area contributed by atoms with E-state index in [2.05, 4.69) is 29.1 Å². The number of unbranched alkanes of at least 4 members (excludes halogenated alkanes) is 1. The van der Waals surface area contributed by atoms with E-state index in [0.29, 0.717) is 25.9 Å². The Morgan fingerprint density at radius 1 is 0.933 bits per heavy atom. The van der Waals surface area contributed by atoms with Crippen molar-refractivity contribution in [1.82, 2.24) is 16.0 Å². The van der Waals surface area contributed by atoms with Gasteiger partial charge < -0.3 is 31.3 Å². The van der Waals surface area contributed by atoms with E-state index in [9.17, 15) is 19.2 Å². The third-order valence-electron chi connectivity index (χ3n) is 4.09. The fraction of sp³-hybridized carbons (Fsp3) is 0.500. The van der Waals surface area contributed by atoms with Gasteiger partial charge in [0.25, 0.3) is 0 Å². The summed E-state index contributed by atoms with van der Waals surface area (Å²) >= 11 is 0. The second-order valence-electron chi connectivity index (χ2n) is 6.59. The number of aliphatic carboxylic acids is 3. The Morgan fingerprint density at radius 3 is 2.17 bits per heavy atom. The minimum Gasteiger partial charge on any atom is -0.481 e. The molecule has 0 rings (SSSR count).